The molecule has 5 aliphatic rings. The summed E-state index contributed by atoms with van der Waals surface area (Å²) < 4.78 is 6.12. The Bertz CT molecular complexity index is 986. The first-order valence-electron chi connectivity index (χ1n) is 18.2. The molecule has 244 valence electrons. The van der Waals surface area contributed by atoms with E-state index in [4.69, 9.17) is 4.74 Å². The first-order valence-corrected chi connectivity index (χ1v) is 18.2. The molecule has 0 aromatic carbocycles. The number of hydrogen-bond acceptors (Lipinski definition) is 5. The van der Waals surface area contributed by atoms with Crippen LogP contribution in [0.2, 0.25) is 0 Å². The van der Waals surface area contributed by atoms with Crippen LogP contribution in [0.25, 0.3) is 0 Å². The van der Waals surface area contributed by atoms with E-state index >= 15 is 0 Å². The molecule has 0 radical (unpaired) electrons. The summed E-state index contributed by atoms with van der Waals surface area (Å²) in [6.07, 6.45) is 17.1. The second-order valence-electron chi connectivity index (χ2n) is 16.1. The largest absolute Gasteiger partial charge is 0.462 e. The highest BCUT2D eigenvalue weighted by Crippen LogP contribution is 2.67. The fourth-order valence-corrected chi connectivity index (χ4v) is 10.2. The minimum absolute atomic E-state index is 0.0469. The quantitative estimate of drug-likeness (QED) is 0.228. The Morgan fingerprint density at radius 2 is 1.67 bits per heavy atom. The number of amides is 1. The number of allylic oxidation sites excluding steroid dienone is 1. The molecule has 1 amide bonds. The standard InChI is InChI=1S/C37H63N3O3/c1-26(2)8-6-9-27(3)30-25-28-24-29(43-34(42)12-11-33(41)40-22-20-38-18-19-39-21-23-40)13-17-37(28,5)32-14-16-36(4)15-7-10-31(36)35(30)32/h25-27,29-32,35,38-39H,6-24H2,1-5H3/t27-,29?,30?,31?,32?,35?,36?,37?/m1/s1. The van der Waals surface area contributed by atoms with Gasteiger partial charge >= 0.3 is 5.97 Å². The normalized spacial score (nSPS) is 37.2. The van der Waals surface area contributed by atoms with Crippen molar-refractivity contribution < 1.29 is 14.3 Å². The van der Waals surface area contributed by atoms with Crippen LogP contribution in [-0.4, -0.2) is 62.1 Å². The van der Waals surface area contributed by atoms with Gasteiger partial charge in [-0.15, -0.1) is 0 Å². The van der Waals surface area contributed by atoms with E-state index in [1.165, 1.54) is 51.4 Å². The summed E-state index contributed by atoms with van der Waals surface area (Å²) in [5, 5.41) is 6.72. The highest BCUT2D eigenvalue weighted by atomic mass is 16.5. The second-order valence-corrected chi connectivity index (χ2v) is 16.1. The number of ether oxygens (including phenoxy) is 1. The first kappa shape index (κ1) is 33.0. The maximum atomic E-state index is 13.0. The molecule has 4 aliphatic carbocycles. The lowest BCUT2D eigenvalue weighted by molar-refractivity contribution is -0.153. The van der Waals surface area contributed by atoms with Crippen LogP contribution < -0.4 is 10.6 Å². The summed E-state index contributed by atoms with van der Waals surface area (Å²) in [6, 6.07) is 0. The van der Waals surface area contributed by atoms with Gasteiger partial charge in [0.1, 0.15) is 6.10 Å². The number of nitrogens with one attached hydrogen (secondary N) is 2. The van der Waals surface area contributed by atoms with Crippen LogP contribution >= 0.6 is 0 Å². The number of hydrogen-bond donors (Lipinski definition) is 2. The van der Waals surface area contributed by atoms with E-state index in [2.05, 4.69) is 51.3 Å². The number of carbonyl (C=O) groups excluding carboxylic acids is 2. The van der Waals surface area contributed by atoms with Gasteiger partial charge in [0.25, 0.3) is 0 Å². The maximum Gasteiger partial charge on any atom is 0.306 e. The minimum Gasteiger partial charge on any atom is -0.462 e. The number of esters is 1. The molecule has 7 unspecified atom stereocenters. The second kappa shape index (κ2) is 14.4. The molecule has 2 N–H and O–H groups in total. The van der Waals surface area contributed by atoms with E-state index in [1.54, 1.807) is 5.57 Å². The van der Waals surface area contributed by atoms with Crippen molar-refractivity contribution in [1.82, 2.24) is 15.5 Å². The van der Waals surface area contributed by atoms with Gasteiger partial charge in [-0.1, -0.05) is 72.0 Å². The van der Waals surface area contributed by atoms with Crippen molar-refractivity contribution >= 4 is 11.9 Å². The Hall–Kier alpha value is -1.40. The third kappa shape index (κ3) is 7.54. The number of carbonyl (C=O) groups is 2. The topological polar surface area (TPSA) is 70.7 Å². The van der Waals surface area contributed by atoms with E-state index in [0.29, 0.717) is 30.3 Å². The van der Waals surface area contributed by atoms with Gasteiger partial charge in [-0.3, -0.25) is 9.59 Å². The highest BCUT2D eigenvalue weighted by molar-refractivity contribution is 5.81. The molecule has 0 aromatic rings. The van der Waals surface area contributed by atoms with Crippen LogP contribution in [0.3, 0.4) is 0 Å². The van der Waals surface area contributed by atoms with Crippen LogP contribution in [0.15, 0.2) is 11.6 Å². The van der Waals surface area contributed by atoms with E-state index in [-0.39, 0.29) is 36.2 Å². The number of rotatable bonds is 9. The molecule has 43 heavy (non-hydrogen) atoms. The molecule has 1 saturated heterocycles. The molecule has 0 bridgehead atoms. The lowest BCUT2D eigenvalue weighted by Gasteiger charge is -2.60. The van der Waals surface area contributed by atoms with Crippen molar-refractivity contribution in [3.63, 3.8) is 0 Å². The Morgan fingerprint density at radius 1 is 0.930 bits per heavy atom. The van der Waals surface area contributed by atoms with E-state index in [1.807, 2.05) is 4.90 Å². The number of fused-ring (bicyclic) bond motifs is 5. The molecular formula is C37H63N3O3. The third-order valence-electron chi connectivity index (χ3n) is 12.8. The van der Waals surface area contributed by atoms with E-state index < -0.39 is 0 Å². The Labute approximate surface area is 262 Å². The molecule has 6 heteroatoms. The van der Waals surface area contributed by atoms with Gasteiger partial charge in [0.05, 0.1) is 6.42 Å². The van der Waals surface area contributed by atoms with Crippen molar-refractivity contribution in [2.75, 3.05) is 39.3 Å². The zero-order valence-electron chi connectivity index (χ0n) is 28.2. The Balaban J connectivity index is 1.24. The zero-order valence-corrected chi connectivity index (χ0v) is 28.2. The van der Waals surface area contributed by atoms with Crippen molar-refractivity contribution in [2.45, 2.75) is 124 Å². The summed E-state index contributed by atoms with van der Waals surface area (Å²) in [5.41, 5.74) is 2.38. The highest BCUT2D eigenvalue weighted by Gasteiger charge is 2.59. The van der Waals surface area contributed by atoms with Crippen molar-refractivity contribution in [3.05, 3.63) is 11.6 Å². The molecule has 4 fully saturated rings. The predicted molar refractivity (Wildman–Crippen MR) is 174 cm³/mol. The van der Waals surface area contributed by atoms with Crippen molar-refractivity contribution in [1.29, 1.82) is 0 Å². The van der Waals surface area contributed by atoms with Crippen molar-refractivity contribution in [3.8, 4) is 0 Å². The van der Waals surface area contributed by atoms with Crippen molar-refractivity contribution in [2.24, 2.45) is 46.3 Å². The van der Waals surface area contributed by atoms with Gasteiger partial charge in [0.15, 0.2) is 0 Å². The SMILES string of the molecule is CC(C)CCC[C@@H](C)C1C=C2CC(OC(=O)CCC(=O)N3CCNCCNCC3)CCC2(C)C2CCC3(C)CCCC3C12. The molecule has 0 spiro atoms. The van der Waals surface area contributed by atoms with E-state index in [9.17, 15) is 9.59 Å². The van der Waals surface area contributed by atoms with Gasteiger partial charge in [0.2, 0.25) is 5.91 Å². The third-order valence-corrected chi connectivity index (χ3v) is 12.8. The van der Waals surface area contributed by atoms with E-state index in [0.717, 1.165) is 69.1 Å². The van der Waals surface area contributed by atoms with Crippen LogP contribution in [0.4, 0.5) is 0 Å². The summed E-state index contributed by atoms with van der Waals surface area (Å²) in [6.45, 7) is 17.3. The molecule has 6 nitrogen and oxygen atoms in total. The molecule has 1 aliphatic heterocycles. The van der Waals surface area contributed by atoms with Gasteiger partial charge in [-0.2, -0.15) is 0 Å². The Kier molecular flexibility index (Phi) is 11.0. The zero-order chi connectivity index (χ0) is 30.6. The Morgan fingerprint density at radius 3 is 2.40 bits per heavy atom. The fourth-order valence-electron chi connectivity index (χ4n) is 10.2. The monoisotopic (exact) mass is 597 g/mol. The molecule has 1 heterocycles. The van der Waals surface area contributed by atoms with Crippen LogP contribution in [0.1, 0.15) is 118 Å². The summed E-state index contributed by atoms with van der Waals surface area (Å²) in [7, 11) is 0. The predicted octanol–water partition coefficient (Wildman–Crippen LogP) is 6.74. The van der Waals surface area contributed by atoms with Gasteiger partial charge in [-0.25, -0.2) is 0 Å². The van der Waals surface area contributed by atoms with Gasteiger partial charge in [-0.05, 0) is 84.9 Å². The smallest absolute Gasteiger partial charge is 0.306 e. The lowest BCUT2D eigenvalue weighted by Crippen LogP contribution is -2.53. The molecule has 0 aromatic heterocycles. The average Bonchev–Trinajstić information content (AvgIpc) is 3.43. The molecule has 8 atom stereocenters. The van der Waals surface area contributed by atoms with Crippen LogP contribution in [-0.2, 0) is 14.3 Å². The fraction of sp³-hybridized carbons (Fsp3) is 0.892. The average molecular weight is 598 g/mol. The maximum absolute atomic E-state index is 13.0. The number of nitrogens with zero attached hydrogens (tertiary/aromatic N) is 1. The van der Waals surface area contributed by atoms with Gasteiger partial charge in [0, 0.05) is 52.1 Å². The summed E-state index contributed by atoms with van der Waals surface area (Å²) >= 11 is 0. The summed E-state index contributed by atoms with van der Waals surface area (Å²) in [4.78, 5) is 27.8. The lowest BCUT2D eigenvalue weighted by atomic mass is 9.45. The first-order chi connectivity index (χ1) is 20.6. The molecular weight excluding hydrogens is 534 g/mol. The van der Waals surface area contributed by atoms with Gasteiger partial charge < -0.3 is 20.3 Å². The molecule has 5 rings (SSSR count). The molecule has 3 saturated carbocycles. The van der Waals surface area contributed by atoms with Crippen LogP contribution in [0.5, 0.6) is 0 Å². The minimum atomic E-state index is -0.199. The summed E-state index contributed by atoms with van der Waals surface area (Å²) in [5.74, 6) is 4.45. The van der Waals surface area contributed by atoms with Crippen LogP contribution in [0, 0.1) is 46.3 Å².